The number of ether oxygens (including phenoxy) is 2. The number of hydrogen-bond acceptors (Lipinski definition) is 3. The molecule has 0 saturated heterocycles. The van der Waals surface area contributed by atoms with Crippen LogP contribution in [0.3, 0.4) is 0 Å². The largest absolute Gasteiger partial charge is 0.493 e. The van der Waals surface area contributed by atoms with Crippen molar-refractivity contribution in [2.45, 2.75) is 45.8 Å². The Balaban J connectivity index is 1.47. The molecule has 4 heteroatoms. The zero-order chi connectivity index (χ0) is 23.1. The molecule has 1 heterocycles. The molecule has 3 aromatic carbocycles. The zero-order valence-electron chi connectivity index (χ0n) is 19.6. The molecule has 2 aliphatic rings. The zero-order valence-corrected chi connectivity index (χ0v) is 21.2. The second-order valence-electron chi connectivity index (χ2n) is 9.33. The maximum atomic E-state index is 6.20. The molecule has 1 aliphatic heterocycles. The van der Waals surface area contributed by atoms with E-state index >= 15 is 0 Å². The fourth-order valence-electron chi connectivity index (χ4n) is 5.30. The number of halogens is 1. The van der Waals surface area contributed by atoms with Crippen molar-refractivity contribution in [1.29, 1.82) is 0 Å². The lowest BCUT2D eigenvalue weighted by molar-refractivity contribution is 0.282. The van der Waals surface area contributed by atoms with Crippen molar-refractivity contribution in [1.82, 2.24) is 0 Å². The maximum absolute atomic E-state index is 6.20. The molecule has 0 saturated carbocycles. The van der Waals surface area contributed by atoms with Crippen LogP contribution in [0.5, 0.6) is 11.5 Å². The number of nitrogens with one attached hydrogen (secondary N) is 1. The maximum Gasteiger partial charge on any atom is 0.175 e. The molecule has 1 N–H and O–H groups in total. The molecular formula is C29H30BrNO2. The van der Waals surface area contributed by atoms with Crippen molar-refractivity contribution in [2.75, 3.05) is 12.4 Å². The smallest absolute Gasteiger partial charge is 0.175 e. The van der Waals surface area contributed by atoms with Crippen molar-refractivity contribution >= 4 is 21.6 Å². The van der Waals surface area contributed by atoms with Crippen molar-refractivity contribution < 1.29 is 9.47 Å². The molecule has 0 unspecified atom stereocenters. The summed E-state index contributed by atoms with van der Waals surface area (Å²) in [7, 11) is 1.71. The summed E-state index contributed by atoms with van der Waals surface area (Å²) >= 11 is 3.77. The summed E-state index contributed by atoms with van der Waals surface area (Å²) in [6.07, 6.45) is 5.80. The van der Waals surface area contributed by atoms with Crippen LogP contribution < -0.4 is 14.8 Å². The topological polar surface area (TPSA) is 30.5 Å². The number of hydrogen-bond donors (Lipinski definition) is 1. The molecule has 0 amide bonds. The number of fused-ring (bicyclic) bond motifs is 3. The summed E-state index contributed by atoms with van der Waals surface area (Å²) in [5.41, 5.74) is 8.91. The highest BCUT2D eigenvalue weighted by Crippen LogP contribution is 2.52. The number of anilines is 1. The summed E-state index contributed by atoms with van der Waals surface area (Å²) in [5, 5.41) is 3.88. The Morgan fingerprint density at radius 1 is 1.00 bits per heavy atom. The third-order valence-electron chi connectivity index (χ3n) is 6.93. The molecule has 3 atom stereocenters. The molecule has 33 heavy (non-hydrogen) atoms. The van der Waals surface area contributed by atoms with Gasteiger partial charge >= 0.3 is 0 Å². The van der Waals surface area contributed by atoms with Crippen LogP contribution in [0.2, 0.25) is 0 Å². The van der Waals surface area contributed by atoms with Crippen LogP contribution in [0.4, 0.5) is 5.69 Å². The molecule has 1 aliphatic carbocycles. The first kappa shape index (κ1) is 22.1. The Labute approximate surface area is 205 Å². The summed E-state index contributed by atoms with van der Waals surface area (Å²) in [5.74, 6) is 2.41. The Morgan fingerprint density at radius 2 is 1.79 bits per heavy atom. The van der Waals surface area contributed by atoms with E-state index in [2.05, 4.69) is 103 Å². The average Bonchev–Trinajstić information content (AvgIpc) is 3.29. The van der Waals surface area contributed by atoms with Crippen LogP contribution in [-0.2, 0) is 6.61 Å². The minimum atomic E-state index is 0.204. The quantitative estimate of drug-likeness (QED) is 0.360. The van der Waals surface area contributed by atoms with Gasteiger partial charge in [-0.1, -0.05) is 59.7 Å². The van der Waals surface area contributed by atoms with Crippen LogP contribution in [-0.4, -0.2) is 7.11 Å². The highest BCUT2D eigenvalue weighted by atomic mass is 79.9. The lowest BCUT2D eigenvalue weighted by atomic mass is 9.76. The van der Waals surface area contributed by atoms with E-state index in [0.29, 0.717) is 18.4 Å². The summed E-state index contributed by atoms with van der Waals surface area (Å²) < 4.78 is 12.9. The summed E-state index contributed by atoms with van der Waals surface area (Å²) in [6.45, 7) is 6.97. The number of methoxy groups -OCH3 is 1. The molecule has 3 aromatic rings. The third kappa shape index (κ3) is 4.17. The molecule has 0 aromatic heterocycles. The van der Waals surface area contributed by atoms with Crippen molar-refractivity contribution in [2.24, 2.45) is 5.92 Å². The van der Waals surface area contributed by atoms with Crippen molar-refractivity contribution in [3.8, 4) is 11.5 Å². The third-order valence-corrected chi connectivity index (χ3v) is 7.51. The van der Waals surface area contributed by atoms with Crippen molar-refractivity contribution in [3.05, 3.63) is 98.5 Å². The predicted molar refractivity (Wildman–Crippen MR) is 138 cm³/mol. The van der Waals surface area contributed by atoms with E-state index in [0.717, 1.165) is 28.0 Å². The van der Waals surface area contributed by atoms with Gasteiger partial charge in [0.1, 0.15) is 6.61 Å². The normalized spacial score (nSPS) is 20.7. The summed E-state index contributed by atoms with van der Waals surface area (Å²) in [4.78, 5) is 0. The Kier molecular flexibility index (Phi) is 5.96. The standard InChI is InChI=1S/C29H30BrNO2/c1-17-8-10-20(11-9-17)16-33-29-25(30)14-21(15-26(29)32-4)28-23-7-5-6-22(23)24-13-18(2)12-19(3)27(24)31-28/h5-6,8-15,22-23,28,31H,7,16H2,1-4H3/t22-,23+,28+/m1/s1. The van der Waals surface area contributed by atoms with E-state index in [1.165, 1.54) is 33.5 Å². The van der Waals surface area contributed by atoms with Gasteiger partial charge in [0.25, 0.3) is 0 Å². The minimum Gasteiger partial charge on any atom is -0.493 e. The van der Waals surface area contributed by atoms with Gasteiger partial charge in [0.05, 0.1) is 17.6 Å². The van der Waals surface area contributed by atoms with E-state index < -0.39 is 0 Å². The number of allylic oxidation sites excluding steroid dienone is 2. The van der Waals surface area contributed by atoms with Gasteiger partial charge in [-0.2, -0.15) is 0 Å². The second kappa shape index (κ2) is 8.90. The van der Waals surface area contributed by atoms with Gasteiger partial charge in [-0.05, 0) is 83.4 Å². The van der Waals surface area contributed by atoms with Crippen LogP contribution in [0.1, 0.15) is 51.8 Å². The van der Waals surface area contributed by atoms with Gasteiger partial charge in [0.2, 0.25) is 0 Å². The number of benzene rings is 3. The van der Waals surface area contributed by atoms with E-state index in [9.17, 15) is 0 Å². The lowest BCUT2D eigenvalue weighted by Gasteiger charge is -2.39. The first-order valence-electron chi connectivity index (χ1n) is 11.5. The lowest BCUT2D eigenvalue weighted by Crippen LogP contribution is -2.29. The highest BCUT2D eigenvalue weighted by Gasteiger charge is 2.39. The van der Waals surface area contributed by atoms with E-state index in [4.69, 9.17) is 9.47 Å². The number of rotatable bonds is 5. The molecule has 0 radical (unpaired) electrons. The van der Waals surface area contributed by atoms with E-state index in [1.807, 2.05) is 0 Å². The highest BCUT2D eigenvalue weighted by molar-refractivity contribution is 9.10. The van der Waals surface area contributed by atoms with Gasteiger partial charge in [-0.25, -0.2) is 0 Å². The van der Waals surface area contributed by atoms with Gasteiger partial charge < -0.3 is 14.8 Å². The molecule has 0 bridgehead atoms. The summed E-state index contributed by atoms with van der Waals surface area (Å²) in [6, 6.07) is 17.6. The SMILES string of the molecule is COc1cc([C@@H]2Nc3c(C)cc(C)cc3[C@@H]3C=CC[C@@H]32)cc(Br)c1OCc1ccc(C)cc1. The van der Waals surface area contributed by atoms with Gasteiger partial charge in [-0.3, -0.25) is 0 Å². The molecule has 170 valence electrons. The van der Waals surface area contributed by atoms with Crippen LogP contribution >= 0.6 is 15.9 Å². The first-order valence-corrected chi connectivity index (χ1v) is 12.3. The predicted octanol–water partition coefficient (Wildman–Crippen LogP) is 7.79. The fourth-order valence-corrected chi connectivity index (χ4v) is 5.88. The molecule has 0 spiro atoms. The van der Waals surface area contributed by atoms with Gasteiger partial charge in [0.15, 0.2) is 11.5 Å². The van der Waals surface area contributed by atoms with E-state index in [-0.39, 0.29) is 6.04 Å². The Morgan fingerprint density at radius 3 is 2.55 bits per heavy atom. The number of aryl methyl sites for hydroxylation is 3. The molecule has 5 rings (SSSR count). The molecule has 0 fully saturated rings. The van der Waals surface area contributed by atoms with Crippen LogP contribution in [0.25, 0.3) is 0 Å². The molecule has 3 nitrogen and oxygen atoms in total. The minimum absolute atomic E-state index is 0.204. The Hall–Kier alpha value is -2.72. The van der Waals surface area contributed by atoms with E-state index in [1.54, 1.807) is 7.11 Å². The fraction of sp³-hybridized carbons (Fsp3) is 0.310. The molecular weight excluding hydrogens is 474 g/mol. The van der Waals surface area contributed by atoms with Gasteiger partial charge in [-0.15, -0.1) is 0 Å². The monoisotopic (exact) mass is 503 g/mol. The average molecular weight is 504 g/mol. The first-order chi connectivity index (χ1) is 15.9. The van der Waals surface area contributed by atoms with Crippen LogP contribution in [0.15, 0.2) is 65.2 Å². The second-order valence-corrected chi connectivity index (χ2v) is 10.2. The van der Waals surface area contributed by atoms with Crippen LogP contribution in [0, 0.1) is 26.7 Å². The van der Waals surface area contributed by atoms with Crippen molar-refractivity contribution in [3.63, 3.8) is 0 Å². The van der Waals surface area contributed by atoms with Gasteiger partial charge in [0, 0.05) is 11.6 Å². The Bertz CT molecular complexity index is 1220.